The zero-order valence-electron chi connectivity index (χ0n) is 23.0. The number of rotatable bonds is 10. The number of hydrogen-bond donors (Lipinski definition) is 3. The van der Waals surface area contributed by atoms with E-state index in [2.05, 4.69) is 10.0 Å². The van der Waals surface area contributed by atoms with Crippen LogP contribution in [0.1, 0.15) is 42.4 Å². The van der Waals surface area contributed by atoms with Gasteiger partial charge < -0.3 is 19.9 Å². The number of nitrogens with one attached hydrogen (secondary N) is 2. The molecule has 1 saturated heterocycles. The third-order valence-corrected chi connectivity index (χ3v) is 9.26. The molecule has 1 heterocycles. The van der Waals surface area contributed by atoms with E-state index < -0.39 is 16.3 Å². The lowest BCUT2D eigenvalue weighted by molar-refractivity contribution is -0.245. The van der Waals surface area contributed by atoms with Crippen molar-refractivity contribution in [2.45, 2.75) is 48.2 Å². The van der Waals surface area contributed by atoms with Crippen LogP contribution in [0.5, 0.6) is 0 Å². The van der Waals surface area contributed by atoms with E-state index >= 15 is 0 Å². The van der Waals surface area contributed by atoms with Crippen LogP contribution in [0.15, 0.2) is 113 Å². The second kappa shape index (κ2) is 13.5. The first-order chi connectivity index (χ1) is 20.3. The van der Waals surface area contributed by atoms with E-state index in [0.29, 0.717) is 17.9 Å². The number of carbonyl (C=O) groups is 1. The Morgan fingerprint density at radius 3 is 2.14 bits per heavy atom. The number of hydrogen-bond acceptors (Lipinski definition) is 7. The minimum absolute atomic E-state index is 0.0299. The van der Waals surface area contributed by atoms with E-state index in [0.717, 1.165) is 27.3 Å². The average Bonchev–Trinajstić information content (AvgIpc) is 3.01. The Morgan fingerprint density at radius 2 is 1.50 bits per heavy atom. The maximum Gasteiger partial charge on any atom is 0.261 e. The first-order valence-corrected chi connectivity index (χ1v) is 15.9. The molecule has 8 nitrogen and oxygen atoms in total. The Balaban J connectivity index is 1.31. The van der Waals surface area contributed by atoms with E-state index in [-0.39, 0.29) is 29.6 Å². The van der Waals surface area contributed by atoms with Crippen LogP contribution in [-0.2, 0) is 30.9 Å². The molecule has 3 atom stereocenters. The lowest BCUT2D eigenvalue weighted by Crippen LogP contribution is -2.31. The summed E-state index contributed by atoms with van der Waals surface area (Å²) in [5.41, 5.74) is 3.76. The number of aliphatic hydroxyl groups excluding tert-OH is 1. The van der Waals surface area contributed by atoms with Gasteiger partial charge in [-0.15, -0.1) is 11.8 Å². The molecule has 0 aliphatic carbocycles. The smallest absolute Gasteiger partial charge is 0.261 e. The molecule has 3 unspecified atom stereocenters. The van der Waals surface area contributed by atoms with Gasteiger partial charge in [-0.2, -0.15) is 0 Å². The number of sulfonamides is 1. The molecule has 1 aliphatic rings. The van der Waals surface area contributed by atoms with Gasteiger partial charge in [0.2, 0.25) is 5.91 Å². The summed E-state index contributed by atoms with van der Waals surface area (Å²) in [7, 11) is -3.71. The van der Waals surface area contributed by atoms with Crippen LogP contribution in [0.25, 0.3) is 0 Å². The summed E-state index contributed by atoms with van der Waals surface area (Å²) < 4.78 is 40.9. The van der Waals surface area contributed by atoms with Crippen LogP contribution in [0.3, 0.4) is 0 Å². The Labute approximate surface area is 250 Å². The Morgan fingerprint density at radius 1 is 0.857 bits per heavy atom. The Bertz CT molecular complexity index is 1580. The second-order valence-corrected chi connectivity index (χ2v) is 12.7. The number of amides is 1. The van der Waals surface area contributed by atoms with Gasteiger partial charge in [0, 0.05) is 40.9 Å². The van der Waals surface area contributed by atoms with Gasteiger partial charge in [-0.3, -0.25) is 9.52 Å². The molecule has 1 amide bonds. The molecule has 4 aromatic rings. The summed E-state index contributed by atoms with van der Waals surface area (Å²) in [5.74, 6) is 0.566. The van der Waals surface area contributed by atoms with Gasteiger partial charge >= 0.3 is 0 Å². The summed E-state index contributed by atoms with van der Waals surface area (Å²) in [6, 6.07) is 30.6. The van der Waals surface area contributed by atoms with Crippen molar-refractivity contribution in [2.75, 3.05) is 15.8 Å². The molecule has 0 spiro atoms. The molecule has 218 valence electrons. The van der Waals surface area contributed by atoms with Crippen molar-refractivity contribution in [3.8, 4) is 0 Å². The fraction of sp³-hybridized carbons (Fsp3) is 0.219. The number of anilines is 2. The standard InChI is InChI=1S/C32H32N2O6S2/c1-22(36)33-26-15-17-29(18-16-26)41-21-28-19-31(24-9-7-23(20-35)8-10-24)40-32(39-28)25-11-13-27(14-12-25)34-42(37,38)30-5-3-2-4-6-30/h2-18,28,31-32,34-35H,19-21H2,1H3,(H,33,36). The third-order valence-electron chi connectivity index (χ3n) is 6.71. The molecular formula is C32H32N2O6S2. The lowest BCUT2D eigenvalue weighted by Gasteiger charge is -2.36. The summed E-state index contributed by atoms with van der Waals surface area (Å²) in [6.45, 7) is 1.45. The van der Waals surface area contributed by atoms with Crippen molar-refractivity contribution >= 4 is 39.1 Å². The summed E-state index contributed by atoms with van der Waals surface area (Å²) in [6.07, 6.45) is -0.391. The Hall–Kier alpha value is -3.67. The van der Waals surface area contributed by atoms with Gasteiger partial charge in [0.25, 0.3) is 10.0 Å². The predicted octanol–water partition coefficient (Wildman–Crippen LogP) is 6.28. The van der Waals surface area contributed by atoms with Gasteiger partial charge in [-0.05, 0) is 59.7 Å². The van der Waals surface area contributed by atoms with E-state index in [1.54, 1.807) is 66.4 Å². The van der Waals surface area contributed by atoms with Crippen molar-refractivity contribution in [1.29, 1.82) is 0 Å². The van der Waals surface area contributed by atoms with E-state index in [9.17, 15) is 18.3 Å². The van der Waals surface area contributed by atoms with Crippen LogP contribution in [0.2, 0.25) is 0 Å². The molecule has 10 heteroatoms. The Kier molecular flexibility index (Phi) is 9.61. The maximum atomic E-state index is 12.7. The molecule has 1 fully saturated rings. The van der Waals surface area contributed by atoms with E-state index in [1.807, 2.05) is 48.5 Å². The maximum absolute atomic E-state index is 12.7. The van der Waals surface area contributed by atoms with Crippen molar-refractivity contribution < 1.29 is 27.8 Å². The fourth-order valence-electron chi connectivity index (χ4n) is 4.57. The van der Waals surface area contributed by atoms with Crippen molar-refractivity contribution in [1.82, 2.24) is 0 Å². The lowest BCUT2D eigenvalue weighted by atomic mass is 10.0. The average molecular weight is 605 g/mol. The summed E-state index contributed by atoms with van der Waals surface area (Å²) in [5, 5.41) is 12.2. The first kappa shape index (κ1) is 29.8. The molecule has 1 aliphatic heterocycles. The first-order valence-electron chi connectivity index (χ1n) is 13.5. The quantitative estimate of drug-likeness (QED) is 0.183. The third kappa shape index (κ3) is 7.78. The molecular weight excluding hydrogens is 572 g/mol. The van der Waals surface area contributed by atoms with Crippen LogP contribution in [0.4, 0.5) is 11.4 Å². The van der Waals surface area contributed by atoms with Gasteiger partial charge in [0.05, 0.1) is 23.7 Å². The zero-order chi connectivity index (χ0) is 29.5. The zero-order valence-corrected chi connectivity index (χ0v) is 24.6. The largest absolute Gasteiger partial charge is 0.392 e. The molecule has 5 rings (SSSR count). The van der Waals surface area contributed by atoms with E-state index in [4.69, 9.17) is 9.47 Å². The molecule has 0 radical (unpaired) electrons. The number of aliphatic hydroxyl groups is 1. The highest BCUT2D eigenvalue weighted by molar-refractivity contribution is 7.99. The topological polar surface area (TPSA) is 114 Å². The van der Waals surface area contributed by atoms with Crippen LogP contribution < -0.4 is 10.0 Å². The number of ether oxygens (including phenoxy) is 2. The minimum atomic E-state index is -3.71. The van der Waals surface area contributed by atoms with Crippen LogP contribution in [-0.4, -0.2) is 31.3 Å². The fourth-order valence-corrected chi connectivity index (χ4v) is 6.57. The number of thioether (sulfide) groups is 1. The second-order valence-electron chi connectivity index (χ2n) is 9.91. The molecule has 0 saturated carbocycles. The molecule has 0 bridgehead atoms. The van der Waals surface area contributed by atoms with Gasteiger partial charge in [0.1, 0.15) is 0 Å². The summed E-state index contributed by atoms with van der Waals surface area (Å²) in [4.78, 5) is 12.6. The normalized spacial score (nSPS) is 18.8. The van der Waals surface area contributed by atoms with Gasteiger partial charge in [0.15, 0.2) is 6.29 Å². The van der Waals surface area contributed by atoms with Crippen molar-refractivity contribution in [2.24, 2.45) is 0 Å². The highest BCUT2D eigenvalue weighted by Gasteiger charge is 2.32. The van der Waals surface area contributed by atoms with E-state index in [1.165, 1.54) is 6.92 Å². The van der Waals surface area contributed by atoms with Crippen LogP contribution in [0, 0.1) is 0 Å². The van der Waals surface area contributed by atoms with Gasteiger partial charge in [-0.1, -0.05) is 54.6 Å². The number of carbonyl (C=O) groups excluding carboxylic acids is 1. The SMILES string of the molecule is CC(=O)Nc1ccc(SCC2CC(c3ccc(CO)cc3)OC(c3ccc(NS(=O)(=O)c4ccccc4)cc3)O2)cc1. The highest BCUT2D eigenvalue weighted by atomic mass is 32.2. The molecule has 4 aromatic carbocycles. The molecule has 42 heavy (non-hydrogen) atoms. The molecule has 3 N–H and O–H groups in total. The van der Waals surface area contributed by atoms with Crippen LogP contribution >= 0.6 is 11.8 Å². The highest BCUT2D eigenvalue weighted by Crippen LogP contribution is 2.39. The predicted molar refractivity (Wildman–Crippen MR) is 164 cm³/mol. The summed E-state index contributed by atoms with van der Waals surface area (Å²) >= 11 is 1.66. The number of benzene rings is 4. The van der Waals surface area contributed by atoms with Gasteiger partial charge in [-0.25, -0.2) is 8.42 Å². The monoisotopic (exact) mass is 604 g/mol. The van der Waals surface area contributed by atoms with Crippen molar-refractivity contribution in [3.63, 3.8) is 0 Å². The minimum Gasteiger partial charge on any atom is -0.392 e. The van der Waals surface area contributed by atoms with Crippen molar-refractivity contribution in [3.05, 3.63) is 120 Å². The molecule has 0 aromatic heterocycles.